The van der Waals surface area contributed by atoms with E-state index in [0.717, 1.165) is 22.4 Å². The Bertz CT molecular complexity index is 433. The first kappa shape index (κ1) is 13.8. The molecule has 1 aliphatic carbocycles. The summed E-state index contributed by atoms with van der Waals surface area (Å²) in [5.74, 6) is 2.02. The monoisotopic (exact) mass is 311 g/mol. The lowest BCUT2D eigenvalue weighted by Gasteiger charge is -2.33. The standard InChI is InChI=1S/C14H22BrN3/c1-4-10-11(15)12(16)18-13(17-10)9-5-7-14(2,3)8-6-9/h9H,4-8H2,1-3H3,(H2,16,17,18). The van der Waals surface area contributed by atoms with Crippen molar-refractivity contribution in [3.8, 4) is 0 Å². The van der Waals surface area contributed by atoms with Gasteiger partial charge in [-0.25, -0.2) is 9.97 Å². The SMILES string of the molecule is CCc1nc(C2CCC(C)(C)CC2)nc(N)c1Br. The van der Waals surface area contributed by atoms with Gasteiger partial charge in [-0.05, 0) is 53.4 Å². The van der Waals surface area contributed by atoms with Gasteiger partial charge in [-0.15, -0.1) is 0 Å². The van der Waals surface area contributed by atoms with Gasteiger partial charge in [0, 0.05) is 5.92 Å². The largest absolute Gasteiger partial charge is 0.383 e. The van der Waals surface area contributed by atoms with E-state index in [1.54, 1.807) is 0 Å². The van der Waals surface area contributed by atoms with Gasteiger partial charge in [0.15, 0.2) is 0 Å². The van der Waals surface area contributed by atoms with Crippen LogP contribution in [-0.2, 0) is 6.42 Å². The number of rotatable bonds is 2. The fraction of sp³-hybridized carbons (Fsp3) is 0.714. The van der Waals surface area contributed by atoms with Gasteiger partial charge in [0.2, 0.25) is 0 Å². The number of aryl methyl sites for hydroxylation is 1. The summed E-state index contributed by atoms with van der Waals surface area (Å²) in [5.41, 5.74) is 7.47. The topological polar surface area (TPSA) is 51.8 Å². The summed E-state index contributed by atoms with van der Waals surface area (Å²) in [5, 5.41) is 0. The van der Waals surface area contributed by atoms with Crippen molar-refractivity contribution in [3.63, 3.8) is 0 Å². The smallest absolute Gasteiger partial charge is 0.141 e. The highest BCUT2D eigenvalue weighted by atomic mass is 79.9. The second kappa shape index (κ2) is 5.16. The summed E-state index contributed by atoms with van der Waals surface area (Å²) in [6.45, 7) is 6.79. The van der Waals surface area contributed by atoms with E-state index in [2.05, 4.69) is 46.7 Å². The minimum absolute atomic E-state index is 0.477. The molecule has 1 aliphatic rings. The molecular formula is C14H22BrN3. The van der Waals surface area contributed by atoms with Crippen LogP contribution in [0.3, 0.4) is 0 Å². The fourth-order valence-electron chi connectivity index (χ4n) is 2.61. The average molecular weight is 312 g/mol. The molecule has 2 N–H and O–H groups in total. The predicted octanol–water partition coefficient (Wildman–Crippen LogP) is 4.07. The lowest BCUT2D eigenvalue weighted by Crippen LogP contribution is -2.22. The van der Waals surface area contributed by atoms with Gasteiger partial charge >= 0.3 is 0 Å². The highest BCUT2D eigenvalue weighted by Crippen LogP contribution is 2.42. The maximum Gasteiger partial charge on any atom is 0.141 e. The van der Waals surface area contributed by atoms with E-state index in [4.69, 9.17) is 5.73 Å². The highest BCUT2D eigenvalue weighted by molar-refractivity contribution is 9.10. The number of nitrogen functional groups attached to an aromatic ring is 1. The zero-order valence-corrected chi connectivity index (χ0v) is 13.0. The number of halogens is 1. The molecule has 0 aliphatic heterocycles. The lowest BCUT2D eigenvalue weighted by atomic mass is 9.73. The third kappa shape index (κ3) is 2.85. The Morgan fingerprint density at radius 3 is 2.44 bits per heavy atom. The van der Waals surface area contributed by atoms with Crippen LogP contribution in [0.15, 0.2) is 4.47 Å². The maximum absolute atomic E-state index is 5.96. The zero-order chi connectivity index (χ0) is 13.3. The van der Waals surface area contributed by atoms with E-state index in [1.165, 1.54) is 25.7 Å². The Hall–Kier alpha value is -0.640. The van der Waals surface area contributed by atoms with Gasteiger partial charge in [-0.2, -0.15) is 0 Å². The predicted molar refractivity (Wildman–Crippen MR) is 78.5 cm³/mol. The molecule has 0 radical (unpaired) electrons. The molecular weight excluding hydrogens is 290 g/mol. The molecule has 100 valence electrons. The van der Waals surface area contributed by atoms with Crippen molar-refractivity contribution < 1.29 is 0 Å². The Morgan fingerprint density at radius 1 is 1.28 bits per heavy atom. The molecule has 0 unspecified atom stereocenters. The van der Waals surface area contributed by atoms with E-state index < -0.39 is 0 Å². The maximum atomic E-state index is 5.96. The van der Waals surface area contributed by atoms with Crippen molar-refractivity contribution in [3.05, 3.63) is 16.0 Å². The fourth-order valence-corrected chi connectivity index (χ4v) is 3.06. The number of nitrogens with zero attached hydrogens (tertiary/aromatic N) is 2. The van der Waals surface area contributed by atoms with Crippen LogP contribution in [0.5, 0.6) is 0 Å². The molecule has 0 atom stereocenters. The van der Waals surface area contributed by atoms with Gasteiger partial charge in [0.25, 0.3) is 0 Å². The van der Waals surface area contributed by atoms with Gasteiger partial charge in [-0.3, -0.25) is 0 Å². The molecule has 18 heavy (non-hydrogen) atoms. The van der Waals surface area contributed by atoms with E-state index in [-0.39, 0.29) is 0 Å². The third-order valence-corrected chi connectivity index (χ3v) is 4.87. The summed E-state index contributed by atoms with van der Waals surface area (Å²) in [7, 11) is 0. The molecule has 1 aromatic rings. The Labute approximate surface area is 118 Å². The Morgan fingerprint density at radius 2 is 1.89 bits per heavy atom. The highest BCUT2D eigenvalue weighted by Gasteiger charge is 2.29. The quantitative estimate of drug-likeness (QED) is 0.895. The molecule has 0 aromatic carbocycles. The molecule has 1 aromatic heterocycles. The van der Waals surface area contributed by atoms with E-state index in [0.29, 0.717) is 17.2 Å². The Kier molecular flexibility index (Phi) is 3.95. The van der Waals surface area contributed by atoms with Crippen LogP contribution in [0.4, 0.5) is 5.82 Å². The molecule has 0 amide bonds. The molecule has 2 rings (SSSR count). The van der Waals surface area contributed by atoms with Crippen LogP contribution >= 0.6 is 15.9 Å². The minimum Gasteiger partial charge on any atom is -0.383 e. The normalized spacial score (nSPS) is 20.0. The summed E-state index contributed by atoms with van der Waals surface area (Å²) >= 11 is 3.47. The first-order chi connectivity index (χ1) is 8.43. The lowest BCUT2D eigenvalue weighted by molar-refractivity contribution is 0.220. The van der Waals surface area contributed by atoms with Gasteiger partial charge in [-0.1, -0.05) is 20.8 Å². The molecule has 0 spiro atoms. The van der Waals surface area contributed by atoms with E-state index >= 15 is 0 Å². The van der Waals surface area contributed by atoms with Crippen molar-refractivity contribution >= 4 is 21.7 Å². The number of hydrogen-bond donors (Lipinski definition) is 1. The van der Waals surface area contributed by atoms with Crippen molar-refractivity contribution in [2.24, 2.45) is 5.41 Å². The van der Waals surface area contributed by atoms with Gasteiger partial charge in [0.1, 0.15) is 11.6 Å². The Balaban J connectivity index is 2.22. The number of nitrogens with two attached hydrogens (primary N) is 1. The minimum atomic E-state index is 0.477. The van der Waals surface area contributed by atoms with Crippen molar-refractivity contribution in [1.82, 2.24) is 9.97 Å². The first-order valence-electron chi connectivity index (χ1n) is 6.75. The van der Waals surface area contributed by atoms with Crippen LogP contribution in [0.25, 0.3) is 0 Å². The number of anilines is 1. The van der Waals surface area contributed by atoms with Crippen LogP contribution in [0.2, 0.25) is 0 Å². The first-order valence-corrected chi connectivity index (χ1v) is 7.54. The van der Waals surface area contributed by atoms with Crippen LogP contribution in [0, 0.1) is 5.41 Å². The molecule has 1 saturated carbocycles. The third-order valence-electron chi connectivity index (χ3n) is 4.00. The van der Waals surface area contributed by atoms with Crippen molar-refractivity contribution in [2.75, 3.05) is 5.73 Å². The molecule has 4 heteroatoms. The molecule has 0 bridgehead atoms. The summed E-state index contributed by atoms with van der Waals surface area (Å²) in [4.78, 5) is 9.16. The number of aromatic nitrogens is 2. The zero-order valence-electron chi connectivity index (χ0n) is 11.5. The van der Waals surface area contributed by atoms with Gasteiger partial charge in [0.05, 0.1) is 10.2 Å². The summed E-state index contributed by atoms with van der Waals surface area (Å²) in [6.07, 6.45) is 5.74. The summed E-state index contributed by atoms with van der Waals surface area (Å²) < 4.78 is 0.866. The molecule has 0 saturated heterocycles. The molecule has 1 fully saturated rings. The average Bonchev–Trinajstić information content (AvgIpc) is 2.32. The van der Waals surface area contributed by atoms with Crippen molar-refractivity contribution in [1.29, 1.82) is 0 Å². The van der Waals surface area contributed by atoms with Crippen LogP contribution < -0.4 is 5.73 Å². The molecule has 1 heterocycles. The molecule has 3 nitrogen and oxygen atoms in total. The van der Waals surface area contributed by atoms with E-state index in [9.17, 15) is 0 Å². The van der Waals surface area contributed by atoms with Crippen molar-refractivity contribution in [2.45, 2.75) is 58.8 Å². The van der Waals surface area contributed by atoms with Crippen LogP contribution in [0.1, 0.15) is 63.9 Å². The number of hydrogen-bond acceptors (Lipinski definition) is 3. The second-order valence-corrected chi connectivity index (χ2v) is 6.81. The van der Waals surface area contributed by atoms with E-state index in [1.807, 2.05) is 0 Å². The second-order valence-electron chi connectivity index (χ2n) is 6.02. The van der Waals surface area contributed by atoms with Gasteiger partial charge < -0.3 is 5.73 Å². The summed E-state index contributed by atoms with van der Waals surface area (Å²) in [6, 6.07) is 0. The van der Waals surface area contributed by atoms with Crippen LogP contribution in [-0.4, -0.2) is 9.97 Å².